The molecule has 1 fully saturated rings. The van der Waals surface area contributed by atoms with Crippen molar-refractivity contribution < 1.29 is 4.74 Å². The minimum absolute atomic E-state index is 0.557. The molecule has 1 aliphatic rings. The first-order valence-electron chi connectivity index (χ1n) is 7.40. The molecule has 0 bridgehead atoms. The van der Waals surface area contributed by atoms with Crippen molar-refractivity contribution >= 4 is 15.9 Å². The second-order valence-corrected chi connectivity index (χ2v) is 6.20. The van der Waals surface area contributed by atoms with Gasteiger partial charge < -0.3 is 4.74 Å². The van der Waals surface area contributed by atoms with Crippen molar-refractivity contribution in [2.45, 2.75) is 58.3 Å². The Hall–Kier alpha value is -0.640. The molecule has 3 nitrogen and oxygen atoms in total. The van der Waals surface area contributed by atoms with E-state index in [9.17, 15) is 0 Å². The predicted octanol–water partition coefficient (Wildman–Crippen LogP) is 4.71. The zero-order valence-electron chi connectivity index (χ0n) is 11.9. The van der Waals surface area contributed by atoms with Gasteiger partial charge in [0.15, 0.2) is 0 Å². The minimum Gasteiger partial charge on any atom is -0.477 e. The van der Waals surface area contributed by atoms with Gasteiger partial charge in [-0.25, -0.2) is 4.98 Å². The lowest BCUT2D eigenvalue weighted by molar-refractivity contribution is 0.225. The van der Waals surface area contributed by atoms with Crippen molar-refractivity contribution in [2.75, 3.05) is 6.61 Å². The number of hydrogen-bond donors (Lipinski definition) is 0. The molecule has 0 saturated heterocycles. The van der Waals surface area contributed by atoms with Crippen molar-refractivity contribution in [1.29, 1.82) is 0 Å². The lowest BCUT2D eigenvalue weighted by Gasteiger charge is -2.15. The standard InChI is InChI=1S/C15H23BrN2O/c1-3-5-6-11(4-2)10-19-14-9-13(16)17-15(18-14)12-7-8-12/h9,11-12H,3-8,10H2,1-2H3. The highest BCUT2D eigenvalue weighted by molar-refractivity contribution is 9.10. The fraction of sp³-hybridized carbons (Fsp3) is 0.733. The third kappa shape index (κ3) is 4.75. The van der Waals surface area contributed by atoms with Gasteiger partial charge in [0.2, 0.25) is 5.88 Å². The summed E-state index contributed by atoms with van der Waals surface area (Å²) in [6.07, 6.45) is 7.37. The second-order valence-electron chi connectivity index (χ2n) is 5.39. The first-order valence-corrected chi connectivity index (χ1v) is 8.19. The summed E-state index contributed by atoms with van der Waals surface area (Å²) in [7, 11) is 0. The highest BCUT2D eigenvalue weighted by atomic mass is 79.9. The summed E-state index contributed by atoms with van der Waals surface area (Å²) in [5, 5.41) is 0. The Morgan fingerprint density at radius 2 is 2.16 bits per heavy atom. The van der Waals surface area contributed by atoms with Crippen molar-refractivity contribution in [3.8, 4) is 5.88 Å². The third-order valence-corrected chi connectivity index (χ3v) is 4.05. The molecule has 0 aliphatic heterocycles. The zero-order chi connectivity index (χ0) is 13.7. The highest BCUT2D eigenvalue weighted by Gasteiger charge is 2.27. The second kappa shape index (κ2) is 7.22. The van der Waals surface area contributed by atoms with E-state index < -0.39 is 0 Å². The Morgan fingerprint density at radius 1 is 1.37 bits per heavy atom. The van der Waals surface area contributed by atoms with Crippen LogP contribution >= 0.6 is 15.9 Å². The molecule has 4 heteroatoms. The molecule has 1 aromatic heterocycles. The van der Waals surface area contributed by atoms with E-state index in [4.69, 9.17) is 4.74 Å². The van der Waals surface area contributed by atoms with Crippen molar-refractivity contribution in [3.63, 3.8) is 0 Å². The van der Waals surface area contributed by atoms with Crippen LogP contribution in [0.25, 0.3) is 0 Å². The average molecular weight is 327 g/mol. The molecule has 19 heavy (non-hydrogen) atoms. The van der Waals surface area contributed by atoms with Gasteiger partial charge in [-0.15, -0.1) is 0 Å². The smallest absolute Gasteiger partial charge is 0.217 e. The summed E-state index contributed by atoms with van der Waals surface area (Å²) in [5.74, 6) is 2.85. The first kappa shape index (κ1) is 14.8. The van der Waals surface area contributed by atoms with Gasteiger partial charge in [0.05, 0.1) is 6.61 Å². The monoisotopic (exact) mass is 326 g/mol. The Morgan fingerprint density at radius 3 is 2.79 bits per heavy atom. The maximum Gasteiger partial charge on any atom is 0.217 e. The molecule has 106 valence electrons. The number of aromatic nitrogens is 2. The van der Waals surface area contributed by atoms with Crippen LogP contribution < -0.4 is 4.74 Å². The molecule has 0 N–H and O–H groups in total. The van der Waals surface area contributed by atoms with Crippen molar-refractivity contribution in [2.24, 2.45) is 5.92 Å². The van der Waals surface area contributed by atoms with E-state index in [1.54, 1.807) is 0 Å². The highest BCUT2D eigenvalue weighted by Crippen LogP contribution is 2.39. The molecular weight excluding hydrogens is 304 g/mol. The molecule has 1 saturated carbocycles. The van der Waals surface area contributed by atoms with Crippen LogP contribution in [-0.4, -0.2) is 16.6 Å². The SMILES string of the molecule is CCCCC(CC)COc1cc(Br)nc(C2CC2)n1. The van der Waals surface area contributed by atoms with Gasteiger partial charge in [-0.05, 0) is 41.1 Å². The summed E-state index contributed by atoms with van der Waals surface area (Å²) in [4.78, 5) is 8.94. The number of ether oxygens (including phenoxy) is 1. The summed E-state index contributed by atoms with van der Waals surface area (Å²) in [5.41, 5.74) is 0. The molecule has 0 amide bonds. The lowest BCUT2D eigenvalue weighted by Crippen LogP contribution is -2.12. The van der Waals surface area contributed by atoms with E-state index in [1.807, 2.05) is 6.07 Å². The van der Waals surface area contributed by atoms with Crippen LogP contribution in [-0.2, 0) is 0 Å². The van der Waals surface area contributed by atoms with E-state index in [0.29, 0.717) is 11.8 Å². The zero-order valence-corrected chi connectivity index (χ0v) is 13.4. The van der Waals surface area contributed by atoms with E-state index in [0.717, 1.165) is 22.9 Å². The molecule has 1 aliphatic carbocycles. The summed E-state index contributed by atoms with van der Waals surface area (Å²) in [6, 6.07) is 1.87. The van der Waals surface area contributed by atoms with Crippen LogP contribution in [0.4, 0.5) is 0 Å². The maximum atomic E-state index is 5.87. The van der Waals surface area contributed by atoms with Gasteiger partial charge in [0.1, 0.15) is 10.4 Å². The molecule has 0 radical (unpaired) electrons. The van der Waals surface area contributed by atoms with Gasteiger partial charge >= 0.3 is 0 Å². The summed E-state index contributed by atoms with van der Waals surface area (Å²) >= 11 is 3.44. The molecule has 0 spiro atoms. The molecular formula is C15H23BrN2O. The molecule has 2 rings (SSSR count). The average Bonchev–Trinajstić information content (AvgIpc) is 3.23. The third-order valence-electron chi connectivity index (χ3n) is 3.64. The van der Waals surface area contributed by atoms with E-state index in [1.165, 1.54) is 38.5 Å². The van der Waals surface area contributed by atoms with E-state index in [-0.39, 0.29) is 0 Å². The molecule has 0 aromatic carbocycles. The van der Waals surface area contributed by atoms with Crippen LogP contribution in [0.5, 0.6) is 5.88 Å². The number of hydrogen-bond acceptors (Lipinski definition) is 3. The number of unbranched alkanes of at least 4 members (excludes halogenated alkanes) is 1. The van der Waals surface area contributed by atoms with Crippen molar-refractivity contribution in [3.05, 3.63) is 16.5 Å². The van der Waals surface area contributed by atoms with Crippen LogP contribution in [0.2, 0.25) is 0 Å². The lowest BCUT2D eigenvalue weighted by atomic mass is 10.0. The topological polar surface area (TPSA) is 35.0 Å². The normalized spacial score (nSPS) is 16.4. The fourth-order valence-electron chi connectivity index (χ4n) is 2.11. The molecule has 1 aromatic rings. The quantitative estimate of drug-likeness (QED) is 0.649. The summed E-state index contributed by atoms with van der Waals surface area (Å²) < 4.78 is 6.71. The van der Waals surface area contributed by atoms with E-state index >= 15 is 0 Å². The van der Waals surface area contributed by atoms with Crippen molar-refractivity contribution in [1.82, 2.24) is 9.97 Å². The number of halogens is 1. The van der Waals surface area contributed by atoms with Gasteiger partial charge in [0.25, 0.3) is 0 Å². The van der Waals surface area contributed by atoms with E-state index in [2.05, 4.69) is 39.7 Å². The van der Waals surface area contributed by atoms with Crippen LogP contribution in [0.15, 0.2) is 10.7 Å². The van der Waals surface area contributed by atoms with Gasteiger partial charge in [-0.3, -0.25) is 0 Å². The molecule has 1 heterocycles. The Bertz CT molecular complexity index is 407. The predicted molar refractivity (Wildman–Crippen MR) is 80.5 cm³/mol. The van der Waals surface area contributed by atoms with Crippen LogP contribution in [0, 0.1) is 5.92 Å². The molecule has 1 unspecified atom stereocenters. The summed E-state index contributed by atoms with van der Waals surface area (Å²) in [6.45, 7) is 5.23. The Balaban J connectivity index is 1.90. The minimum atomic E-state index is 0.557. The van der Waals surface area contributed by atoms with Gasteiger partial charge in [0, 0.05) is 12.0 Å². The van der Waals surface area contributed by atoms with Crippen LogP contribution in [0.1, 0.15) is 64.1 Å². The van der Waals surface area contributed by atoms with Gasteiger partial charge in [-0.2, -0.15) is 4.98 Å². The van der Waals surface area contributed by atoms with Gasteiger partial charge in [-0.1, -0.05) is 33.1 Å². The Kier molecular flexibility index (Phi) is 5.61. The van der Waals surface area contributed by atoms with Crippen LogP contribution in [0.3, 0.4) is 0 Å². The fourth-order valence-corrected chi connectivity index (χ4v) is 2.49. The first-order chi connectivity index (χ1) is 9.22. The Labute approximate surface area is 124 Å². The maximum absolute atomic E-state index is 5.87. The largest absolute Gasteiger partial charge is 0.477 e. The number of nitrogens with zero attached hydrogens (tertiary/aromatic N) is 2. The number of rotatable bonds is 8. The molecule has 1 atom stereocenters.